The van der Waals surface area contributed by atoms with Crippen LogP contribution in [0.25, 0.3) is 11.1 Å². The molecule has 1 unspecified atom stereocenters. The number of aryl methyl sites for hydroxylation is 1. The summed E-state index contributed by atoms with van der Waals surface area (Å²) in [6.45, 7) is 1.70. The van der Waals surface area contributed by atoms with Crippen molar-refractivity contribution >= 4 is 12.1 Å². The summed E-state index contributed by atoms with van der Waals surface area (Å²) >= 11 is 0. The van der Waals surface area contributed by atoms with Gasteiger partial charge >= 0.3 is 12.1 Å². The Labute approximate surface area is 179 Å². The third-order valence-electron chi connectivity index (χ3n) is 5.60. The van der Waals surface area contributed by atoms with Crippen LogP contribution in [0.1, 0.15) is 28.2 Å². The molecule has 1 atom stereocenters. The summed E-state index contributed by atoms with van der Waals surface area (Å²) in [6, 6.07) is 19.1. The number of carbonyl (C=O) groups excluding carboxylic acids is 1. The summed E-state index contributed by atoms with van der Waals surface area (Å²) in [4.78, 5) is 24.0. The molecule has 0 fully saturated rings. The molecule has 1 aliphatic rings. The molecule has 0 aromatic heterocycles. The lowest BCUT2D eigenvalue weighted by Crippen LogP contribution is -2.42. The Morgan fingerprint density at radius 2 is 1.65 bits per heavy atom. The molecule has 0 bridgehead atoms. The standard InChI is InChI=1S/C25H22FNO4/c1-15-12-16(10-11-22(15)26)13-23(24(28)29)27-25(30)31-14-21-19-8-4-2-6-17(19)18-7-3-5-9-20(18)21/h2-12,21,23H,13-14H2,1H3,(H,27,30)(H,28,29). The molecule has 1 aliphatic carbocycles. The minimum atomic E-state index is -1.18. The number of amides is 1. The van der Waals surface area contributed by atoms with Crippen LogP contribution in [0, 0.1) is 12.7 Å². The highest BCUT2D eigenvalue weighted by molar-refractivity contribution is 5.81. The largest absolute Gasteiger partial charge is 0.480 e. The number of rotatable bonds is 6. The van der Waals surface area contributed by atoms with Crippen molar-refractivity contribution in [1.29, 1.82) is 0 Å². The van der Waals surface area contributed by atoms with Crippen LogP contribution in [0.4, 0.5) is 9.18 Å². The lowest BCUT2D eigenvalue weighted by Gasteiger charge is -2.17. The number of ether oxygens (including phenoxy) is 1. The summed E-state index contributed by atoms with van der Waals surface area (Å²) in [5.74, 6) is -1.66. The van der Waals surface area contributed by atoms with E-state index in [0.717, 1.165) is 22.3 Å². The van der Waals surface area contributed by atoms with Gasteiger partial charge in [0, 0.05) is 12.3 Å². The number of carboxylic acids is 1. The predicted octanol–water partition coefficient (Wildman–Crippen LogP) is 4.67. The second kappa shape index (κ2) is 8.60. The van der Waals surface area contributed by atoms with Crippen LogP contribution < -0.4 is 5.32 Å². The monoisotopic (exact) mass is 419 g/mol. The van der Waals surface area contributed by atoms with Crippen molar-refractivity contribution in [3.05, 3.63) is 94.8 Å². The fraction of sp³-hybridized carbons (Fsp3) is 0.200. The fourth-order valence-corrected chi connectivity index (χ4v) is 4.05. The Morgan fingerprint density at radius 1 is 1.03 bits per heavy atom. The van der Waals surface area contributed by atoms with Crippen LogP contribution in [0.5, 0.6) is 0 Å². The molecule has 5 nitrogen and oxygen atoms in total. The maximum Gasteiger partial charge on any atom is 0.407 e. The number of nitrogens with one attached hydrogen (secondary N) is 1. The molecule has 158 valence electrons. The van der Waals surface area contributed by atoms with E-state index in [1.165, 1.54) is 12.1 Å². The van der Waals surface area contributed by atoms with Crippen LogP contribution in [-0.4, -0.2) is 29.8 Å². The van der Waals surface area contributed by atoms with Crippen molar-refractivity contribution in [3.63, 3.8) is 0 Å². The van der Waals surface area contributed by atoms with E-state index in [2.05, 4.69) is 5.32 Å². The van der Waals surface area contributed by atoms with Gasteiger partial charge in [0.1, 0.15) is 18.5 Å². The summed E-state index contributed by atoms with van der Waals surface area (Å²) in [6.07, 6.45) is -0.770. The van der Waals surface area contributed by atoms with Gasteiger partial charge in [-0.25, -0.2) is 14.0 Å². The van der Waals surface area contributed by atoms with E-state index in [1.807, 2.05) is 48.5 Å². The van der Waals surface area contributed by atoms with Gasteiger partial charge in [-0.15, -0.1) is 0 Å². The molecule has 6 heteroatoms. The third kappa shape index (κ3) is 4.28. The molecule has 0 saturated carbocycles. The number of carboxylic acid groups (broad SMARTS) is 1. The average Bonchev–Trinajstić information content (AvgIpc) is 3.08. The third-order valence-corrected chi connectivity index (χ3v) is 5.60. The van der Waals surface area contributed by atoms with Gasteiger partial charge in [0.15, 0.2) is 0 Å². The first-order valence-corrected chi connectivity index (χ1v) is 10.0. The number of hydrogen-bond acceptors (Lipinski definition) is 3. The number of alkyl carbamates (subject to hydrolysis) is 1. The van der Waals surface area contributed by atoms with Crippen LogP contribution in [-0.2, 0) is 16.0 Å². The molecule has 0 saturated heterocycles. The maximum atomic E-state index is 13.5. The van der Waals surface area contributed by atoms with E-state index in [-0.39, 0.29) is 24.8 Å². The smallest absolute Gasteiger partial charge is 0.407 e. The number of fused-ring (bicyclic) bond motifs is 3. The number of hydrogen-bond donors (Lipinski definition) is 2. The van der Waals surface area contributed by atoms with Crippen LogP contribution in [0.3, 0.4) is 0 Å². The quantitative estimate of drug-likeness (QED) is 0.609. The first kappa shape index (κ1) is 20.6. The highest BCUT2D eigenvalue weighted by Gasteiger charge is 2.29. The van der Waals surface area contributed by atoms with Crippen molar-refractivity contribution < 1.29 is 23.8 Å². The van der Waals surface area contributed by atoms with Gasteiger partial charge in [-0.05, 0) is 46.4 Å². The highest BCUT2D eigenvalue weighted by Crippen LogP contribution is 2.44. The first-order valence-electron chi connectivity index (χ1n) is 10.0. The fourth-order valence-electron chi connectivity index (χ4n) is 4.05. The molecule has 0 spiro atoms. The molecule has 3 aromatic carbocycles. The SMILES string of the molecule is Cc1cc(CC(NC(=O)OCC2c3ccccc3-c3ccccc32)C(=O)O)ccc1F. The number of benzene rings is 3. The normalized spacial score (nSPS) is 13.2. The molecule has 0 heterocycles. The molecule has 0 aliphatic heterocycles. The Hall–Kier alpha value is -3.67. The molecular formula is C25H22FNO4. The van der Waals surface area contributed by atoms with E-state index in [9.17, 15) is 19.1 Å². The summed E-state index contributed by atoms with van der Waals surface area (Å²) in [5.41, 5.74) is 5.42. The minimum absolute atomic E-state index is 0.0284. The Balaban J connectivity index is 1.43. The van der Waals surface area contributed by atoms with Crippen molar-refractivity contribution in [2.75, 3.05) is 6.61 Å². The molecule has 31 heavy (non-hydrogen) atoms. The van der Waals surface area contributed by atoms with Gasteiger partial charge in [0.05, 0.1) is 0 Å². The highest BCUT2D eigenvalue weighted by atomic mass is 19.1. The Kier molecular flexibility index (Phi) is 5.71. The van der Waals surface area contributed by atoms with Crippen LogP contribution in [0.15, 0.2) is 66.7 Å². The second-order valence-electron chi connectivity index (χ2n) is 7.65. The van der Waals surface area contributed by atoms with Crippen molar-refractivity contribution in [1.82, 2.24) is 5.32 Å². The van der Waals surface area contributed by atoms with Gasteiger partial charge < -0.3 is 15.2 Å². The Bertz CT molecular complexity index is 1100. The molecule has 1 amide bonds. The Morgan fingerprint density at radius 3 is 2.23 bits per heavy atom. The molecule has 2 N–H and O–H groups in total. The van der Waals surface area contributed by atoms with Gasteiger partial charge in [-0.2, -0.15) is 0 Å². The minimum Gasteiger partial charge on any atom is -0.480 e. The summed E-state index contributed by atoms with van der Waals surface area (Å²) in [7, 11) is 0. The lowest BCUT2D eigenvalue weighted by atomic mass is 9.98. The molecule has 3 aromatic rings. The van der Waals surface area contributed by atoms with Gasteiger partial charge in [-0.3, -0.25) is 0 Å². The zero-order valence-corrected chi connectivity index (χ0v) is 17.0. The van der Waals surface area contributed by atoms with E-state index < -0.39 is 18.1 Å². The van der Waals surface area contributed by atoms with E-state index in [0.29, 0.717) is 11.1 Å². The van der Waals surface area contributed by atoms with Crippen molar-refractivity contribution in [2.45, 2.75) is 25.3 Å². The van der Waals surface area contributed by atoms with Gasteiger partial charge in [-0.1, -0.05) is 60.7 Å². The van der Waals surface area contributed by atoms with Crippen LogP contribution >= 0.6 is 0 Å². The van der Waals surface area contributed by atoms with Gasteiger partial charge in [0.2, 0.25) is 0 Å². The zero-order valence-electron chi connectivity index (χ0n) is 17.0. The lowest BCUT2D eigenvalue weighted by molar-refractivity contribution is -0.139. The van der Waals surface area contributed by atoms with E-state index in [4.69, 9.17) is 4.74 Å². The second-order valence-corrected chi connectivity index (χ2v) is 7.65. The van der Waals surface area contributed by atoms with Gasteiger partial charge in [0.25, 0.3) is 0 Å². The number of halogens is 1. The van der Waals surface area contributed by atoms with E-state index in [1.54, 1.807) is 13.0 Å². The van der Waals surface area contributed by atoms with E-state index >= 15 is 0 Å². The number of carbonyl (C=O) groups is 2. The van der Waals surface area contributed by atoms with Crippen molar-refractivity contribution in [3.8, 4) is 11.1 Å². The molecular weight excluding hydrogens is 397 g/mol. The summed E-state index contributed by atoms with van der Waals surface area (Å²) in [5, 5.41) is 11.9. The number of aliphatic carboxylic acids is 1. The topological polar surface area (TPSA) is 75.6 Å². The predicted molar refractivity (Wildman–Crippen MR) is 114 cm³/mol. The van der Waals surface area contributed by atoms with Crippen LogP contribution in [0.2, 0.25) is 0 Å². The van der Waals surface area contributed by atoms with Crippen molar-refractivity contribution in [2.24, 2.45) is 0 Å². The average molecular weight is 419 g/mol. The molecule has 4 rings (SSSR count). The molecule has 0 radical (unpaired) electrons. The summed E-state index contributed by atoms with van der Waals surface area (Å²) < 4.78 is 18.9. The zero-order chi connectivity index (χ0) is 22.0. The first-order chi connectivity index (χ1) is 14.9. The maximum absolute atomic E-state index is 13.5.